The van der Waals surface area contributed by atoms with Crippen LogP contribution >= 0.6 is 24.0 Å². The second-order valence-corrected chi connectivity index (χ2v) is 5.27. The maximum Gasteiger partial charge on any atom is 0.188 e. The zero-order valence-corrected chi connectivity index (χ0v) is 14.2. The highest BCUT2D eigenvalue weighted by Gasteiger charge is 2.38. The van der Waals surface area contributed by atoms with Gasteiger partial charge in [0.2, 0.25) is 0 Å². The third kappa shape index (κ3) is 4.07. The van der Waals surface area contributed by atoms with E-state index in [9.17, 15) is 4.39 Å². The first kappa shape index (κ1) is 17.2. The van der Waals surface area contributed by atoms with Gasteiger partial charge in [0.25, 0.3) is 0 Å². The summed E-state index contributed by atoms with van der Waals surface area (Å²) in [5.74, 6) is 0.320. The lowest BCUT2D eigenvalue weighted by Gasteiger charge is -2.41. The first-order valence-electron chi connectivity index (χ1n) is 6.96. The fourth-order valence-electron chi connectivity index (χ4n) is 2.49. The summed E-state index contributed by atoms with van der Waals surface area (Å²) in [6.45, 7) is 3.62. The van der Waals surface area contributed by atoms with Crippen LogP contribution in [0.15, 0.2) is 29.3 Å². The number of guanidine groups is 1. The number of nitrogens with one attached hydrogen (secondary N) is 1. The molecule has 0 heterocycles. The average Bonchev–Trinajstić information content (AvgIpc) is 2.37. The zero-order valence-electron chi connectivity index (χ0n) is 11.9. The minimum Gasteiger partial charge on any atom is -0.370 e. The quantitative estimate of drug-likeness (QED) is 0.460. The molecule has 0 aliphatic heterocycles. The molecule has 3 nitrogen and oxygen atoms in total. The molecule has 0 unspecified atom stereocenters. The lowest BCUT2D eigenvalue weighted by Crippen LogP contribution is -2.40. The van der Waals surface area contributed by atoms with Crippen LogP contribution in [0.25, 0.3) is 0 Å². The average molecular weight is 391 g/mol. The molecule has 1 aliphatic rings. The number of hydrogen-bond acceptors (Lipinski definition) is 1. The first-order valence-corrected chi connectivity index (χ1v) is 6.96. The molecule has 0 aromatic heterocycles. The van der Waals surface area contributed by atoms with Crippen molar-refractivity contribution >= 4 is 29.9 Å². The molecule has 0 radical (unpaired) electrons. The van der Waals surface area contributed by atoms with Crippen molar-refractivity contribution in [2.45, 2.75) is 38.0 Å². The Morgan fingerprint density at radius 2 is 2.00 bits per heavy atom. The van der Waals surface area contributed by atoms with Gasteiger partial charge in [-0.2, -0.15) is 0 Å². The highest BCUT2D eigenvalue weighted by Crippen LogP contribution is 2.43. The molecule has 112 valence electrons. The van der Waals surface area contributed by atoms with Crippen LogP contribution in [0.3, 0.4) is 0 Å². The van der Waals surface area contributed by atoms with E-state index in [2.05, 4.69) is 17.2 Å². The Bertz CT molecular complexity index is 441. The predicted molar refractivity (Wildman–Crippen MR) is 92.1 cm³/mol. The summed E-state index contributed by atoms with van der Waals surface area (Å²) >= 11 is 0. The van der Waals surface area contributed by atoms with Crippen LogP contribution in [0.1, 0.15) is 38.2 Å². The first-order chi connectivity index (χ1) is 9.16. The minimum atomic E-state index is -0.189. The van der Waals surface area contributed by atoms with Crippen molar-refractivity contribution in [3.8, 4) is 0 Å². The third-order valence-electron chi connectivity index (χ3n) is 3.88. The van der Waals surface area contributed by atoms with E-state index in [-0.39, 0.29) is 35.2 Å². The van der Waals surface area contributed by atoms with Crippen molar-refractivity contribution < 1.29 is 4.39 Å². The van der Waals surface area contributed by atoms with Crippen LogP contribution in [0.5, 0.6) is 0 Å². The topological polar surface area (TPSA) is 50.4 Å². The molecule has 3 N–H and O–H groups in total. The Morgan fingerprint density at radius 1 is 1.35 bits per heavy atom. The van der Waals surface area contributed by atoms with E-state index >= 15 is 0 Å². The van der Waals surface area contributed by atoms with Crippen LogP contribution < -0.4 is 11.1 Å². The monoisotopic (exact) mass is 391 g/mol. The molecule has 5 heteroatoms. The van der Waals surface area contributed by atoms with Crippen molar-refractivity contribution in [3.63, 3.8) is 0 Å². The second kappa shape index (κ2) is 7.81. The van der Waals surface area contributed by atoms with E-state index in [1.807, 2.05) is 12.1 Å². The van der Waals surface area contributed by atoms with E-state index in [4.69, 9.17) is 5.73 Å². The van der Waals surface area contributed by atoms with Crippen LogP contribution in [-0.4, -0.2) is 19.0 Å². The summed E-state index contributed by atoms with van der Waals surface area (Å²) in [7, 11) is 0. The standard InChI is InChI=1S/C15H22FN3.HI/c1-2-10-18-14(17)19-11-15(8-3-9-15)12-4-6-13(16)7-5-12;/h4-7H,2-3,8-11H2,1H3,(H3,17,18,19);1H. The number of aliphatic imine (C=N–C) groups is 1. The van der Waals surface area contributed by atoms with Gasteiger partial charge in [-0.05, 0) is 37.0 Å². The molecule has 0 saturated heterocycles. The second-order valence-electron chi connectivity index (χ2n) is 5.27. The van der Waals surface area contributed by atoms with E-state index < -0.39 is 0 Å². The Hall–Kier alpha value is -0.850. The summed E-state index contributed by atoms with van der Waals surface area (Å²) in [5, 5.41) is 3.08. The fourth-order valence-corrected chi connectivity index (χ4v) is 2.49. The van der Waals surface area contributed by atoms with Gasteiger partial charge in [-0.25, -0.2) is 4.39 Å². The summed E-state index contributed by atoms with van der Waals surface area (Å²) in [6, 6.07) is 6.80. The Morgan fingerprint density at radius 3 is 2.50 bits per heavy atom. The molecule has 20 heavy (non-hydrogen) atoms. The maximum absolute atomic E-state index is 13.0. The lowest BCUT2D eigenvalue weighted by molar-refractivity contribution is 0.253. The molecule has 0 amide bonds. The molecule has 2 rings (SSSR count). The minimum absolute atomic E-state index is 0. The van der Waals surface area contributed by atoms with E-state index in [1.54, 1.807) is 0 Å². The SMILES string of the molecule is CCCNC(N)=NCC1(c2ccc(F)cc2)CCC1.I. The third-order valence-corrected chi connectivity index (χ3v) is 3.88. The van der Waals surface area contributed by atoms with Crippen molar-refractivity contribution in [2.75, 3.05) is 13.1 Å². The van der Waals surface area contributed by atoms with Crippen molar-refractivity contribution in [1.82, 2.24) is 5.32 Å². The highest BCUT2D eigenvalue weighted by molar-refractivity contribution is 14.0. The van der Waals surface area contributed by atoms with Crippen LogP contribution in [0.4, 0.5) is 4.39 Å². The highest BCUT2D eigenvalue weighted by atomic mass is 127. The van der Waals surface area contributed by atoms with Crippen molar-refractivity contribution in [2.24, 2.45) is 10.7 Å². The van der Waals surface area contributed by atoms with Gasteiger partial charge in [0.15, 0.2) is 5.96 Å². The summed E-state index contributed by atoms with van der Waals surface area (Å²) < 4.78 is 13.0. The van der Waals surface area contributed by atoms with Gasteiger partial charge in [0.1, 0.15) is 5.82 Å². The van der Waals surface area contributed by atoms with Gasteiger partial charge in [0, 0.05) is 12.0 Å². The zero-order chi connectivity index (χ0) is 13.7. The molecule has 1 aromatic carbocycles. The van der Waals surface area contributed by atoms with E-state index in [1.165, 1.54) is 24.1 Å². The van der Waals surface area contributed by atoms with Crippen LogP contribution in [0, 0.1) is 5.82 Å². The number of halogens is 2. The molecule has 1 aromatic rings. The summed E-state index contributed by atoms with van der Waals surface area (Å²) in [5.41, 5.74) is 7.06. The summed E-state index contributed by atoms with van der Waals surface area (Å²) in [6.07, 6.45) is 4.43. The molecule has 0 spiro atoms. The molecular weight excluding hydrogens is 368 g/mol. The predicted octanol–water partition coefficient (Wildman–Crippen LogP) is 3.18. The maximum atomic E-state index is 13.0. The van der Waals surface area contributed by atoms with Crippen molar-refractivity contribution in [1.29, 1.82) is 0 Å². The molecule has 1 fully saturated rings. The molecule has 0 atom stereocenters. The van der Waals surface area contributed by atoms with Gasteiger partial charge in [-0.1, -0.05) is 25.5 Å². The van der Waals surface area contributed by atoms with Crippen LogP contribution in [0.2, 0.25) is 0 Å². The Balaban J connectivity index is 0.00000200. The number of rotatable bonds is 5. The van der Waals surface area contributed by atoms with E-state index in [0.29, 0.717) is 12.5 Å². The Labute approximate surface area is 137 Å². The molecule has 1 saturated carbocycles. The van der Waals surface area contributed by atoms with Crippen molar-refractivity contribution in [3.05, 3.63) is 35.6 Å². The Kier molecular flexibility index (Phi) is 6.71. The smallest absolute Gasteiger partial charge is 0.188 e. The molecule has 0 bridgehead atoms. The summed E-state index contributed by atoms with van der Waals surface area (Å²) in [4.78, 5) is 4.44. The lowest BCUT2D eigenvalue weighted by atomic mass is 9.64. The van der Waals surface area contributed by atoms with E-state index in [0.717, 1.165) is 25.8 Å². The van der Waals surface area contributed by atoms with Gasteiger partial charge in [-0.3, -0.25) is 4.99 Å². The number of benzene rings is 1. The van der Waals surface area contributed by atoms with Gasteiger partial charge in [0.05, 0.1) is 6.54 Å². The van der Waals surface area contributed by atoms with Crippen LogP contribution in [-0.2, 0) is 5.41 Å². The normalized spacial score (nSPS) is 17.0. The van der Waals surface area contributed by atoms with Gasteiger partial charge < -0.3 is 11.1 Å². The number of nitrogens with zero attached hydrogens (tertiary/aromatic N) is 1. The number of hydrogen-bond donors (Lipinski definition) is 2. The van der Waals surface area contributed by atoms with Gasteiger partial charge >= 0.3 is 0 Å². The van der Waals surface area contributed by atoms with Gasteiger partial charge in [-0.15, -0.1) is 24.0 Å². The fraction of sp³-hybridized carbons (Fsp3) is 0.533. The number of nitrogens with two attached hydrogens (primary N) is 1. The molecular formula is C15H23FIN3. The molecule has 1 aliphatic carbocycles. The largest absolute Gasteiger partial charge is 0.370 e.